The Hall–Kier alpha value is -13.9. The third-order valence-corrected chi connectivity index (χ3v) is 18.9. The summed E-state index contributed by atoms with van der Waals surface area (Å²) in [6, 6.07) is 34.4. The molecule has 13 rings (SSSR count). The van der Waals surface area contributed by atoms with Gasteiger partial charge in [0.05, 0.1) is 81.8 Å². The van der Waals surface area contributed by atoms with Crippen molar-refractivity contribution in [1.29, 1.82) is 0 Å². The van der Waals surface area contributed by atoms with Gasteiger partial charge < -0.3 is 78.2 Å². The number of furan rings is 2. The summed E-state index contributed by atoms with van der Waals surface area (Å²) in [7, 11) is 0. The Labute approximate surface area is 770 Å². The first kappa shape index (κ1) is 110. The van der Waals surface area contributed by atoms with Crippen molar-refractivity contribution in [3.63, 3.8) is 0 Å². The Kier molecular flexibility index (Phi) is 41.6. The molecule has 2 saturated heterocycles. The summed E-state index contributed by atoms with van der Waals surface area (Å²) in [6.07, 6.45) is 2.30. The number of likely N-dealkylation sites (tertiary alicyclic amines) is 2. The number of aromatic nitrogens is 2. The number of carbonyl (C=O) groups is 7. The zero-order valence-electron chi connectivity index (χ0n) is 70.8. The van der Waals surface area contributed by atoms with E-state index in [-0.39, 0.29) is 183 Å². The molecule has 0 aliphatic carbocycles. The quantitative estimate of drug-likeness (QED) is 0.0122. The van der Waals surface area contributed by atoms with E-state index in [1.165, 1.54) is 186 Å². The second kappa shape index (κ2) is 50.5. The first-order valence-electron chi connectivity index (χ1n) is 39.0. The number of ketones is 1. The van der Waals surface area contributed by atoms with E-state index >= 15 is 0 Å². The van der Waals surface area contributed by atoms with Crippen LogP contribution in [0.25, 0.3) is 68.8 Å². The average molecular weight is 1930 g/mol. The number of carboxylic acids is 2. The van der Waals surface area contributed by atoms with E-state index in [4.69, 9.17) is 53.4 Å². The number of amides is 2. The molecule has 24 nitrogen and oxygen atoms in total. The molecule has 6 heterocycles. The molecule has 0 atom stereocenters. The predicted octanol–water partition coefficient (Wildman–Crippen LogP) is 16.9. The molecular formula is C92H85BrF15LiN10O14. The van der Waals surface area contributed by atoms with Crippen LogP contribution >= 0.6 is 15.9 Å². The van der Waals surface area contributed by atoms with Crippen molar-refractivity contribution >= 4 is 132 Å². The van der Waals surface area contributed by atoms with E-state index in [1.807, 2.05) is 0 Å². The maximum absolute atomic E-state index is 14.0. The second-order valence-electron chi connectivity index (χ2n) is 28.1. The van der Waals surface area contributed by atoms with E-state index < -0.39 is 114 Å². The van der Waals surface area contributed by atoms with Crippen LogP contribution in [0, 0.1) is 29.1 Å². The number of nitrogens with two attached hydrogens (primary N) is 6. The number of ether oxygens (including phenoxy) is 2. The van der Waals surface area contributed by atoms with Crippen LogP contribution in [-0.4, -0.2) is 128 Å². The van der Waals surface area contributed by atoms with Crippen molar-refractivity contribution in [2.75, 3.05) is 68.1 Å². The van der Waals surface area contributed by atoms with Gasteiger partial charge in [0.15, 0.2) is 5.78 Å². The molecule has 0 unspecified atom stereocenters. The fraction of sp³-hybridized carbons (Fsp3) is 0.207. The van der Waals surface area contributed by atoms with Gasteiger partial charge in [-0.25, -0.2) is 58.7 Å². The number of hydrogen-bond acceptors (Lipinski definition) is 20. The zero-order valence-corrected chi connectivity index (χ0v) is 72.4. The molecule has 2 aliphatic heterocycles. The number of nitrogens with zero attached hydrogens (tertiary/aromatic N) is 4. The number of carbonyl (C=O) groups excluding carboxylic acids is 5. The van der Waals surface area contributed by atoms with Crippen LogP contribution in [0.1, 0.15) is 112 Å². The number of anilines is 5. The molecule has 41 heteroatoms. The smallest absolute Gasteiger partial charge is 0.870 e. The van der Waals surface area contributed by atoms with Crippen molar-refractivity contribution in [1.82, 2.24) is 19.8 Å². The van der Waals surface area contributed by atoms with E-state index in [9.17, 15) is 99.4 Å². The van der Waals surface area contributed by atoms with Crippen molar-refractivity contribution < 1.29 is 152 Å². The third-order valence-electron chi connectivity index (χ3n) is 18.5. The van der Waals surface area contributed by atoms with Crippen LogP contribution in [-0.2, 0) is 58.8 Å². The maximum atomic E-state index is 14.0. The van der Waals surface area contributed by atoms with Crippen LogP contribution in [0.2, 0.25) is 0 Å². The zero-order chi connectivity index (χ0) is 96.8. The van der Waals surface area contributed by atoms with Gasteiger partial charge >= 0.3 is 55.1 Å². The van der Waals surface area contributed by atoms with Gasteiger partial charge in [-0.15, -0.1) is 0 Å². The fourth-order valence-corrected chi connectivity index (χ4v) is 12.0. The van der Waals surface area contributed by atoms with Crippen LogP contribution in [0.4, 0.5) is 94.3 Å². The average Bonchev–Trinajstić information content (AvgIpc) is 1.69. The van der Waals surface area contributed by atoms with E-state index in [0.29, 0.717) is 39.9 Å². The third kappa shape index (κ3) is 34.7. The SMILES string of the molecule is C=CC(=O)OCC.CCOC(=O)/C=C/c1ccc(N)c(F)c1.NCc1cc2cc(-c3ccc(C(=O)N4CCC(F)(F)CC4)cn3)cc(C(F)(F)F)c2o1.Nc1ccc(/C=C/C(=O)CCc2cc3cc(-c4ccc(C(=O)N5CCC(F)(F)CC5)cn4)cc(C(F)(F)F)c3o2)cc1F.Nc1ccc(/C=C/C(=O)O)cc1F.Nc1ccc(/C=C/C(=O)O)cc1F.Nc1ccc(Br)cc1F.[Li+].[OH-]. The fourth-order valence-electron chi connectivity index (χ4n) is 11.7. The molecule has 4 aromatic heterocycles. The Morgan fingerprint density at radius 3 is 1.13 bits per heavy atom. The van der Waals surface area contributed by atoms with Gasteiger partial charge in [-0.1, -0.05) is 52.9 Å². The number of aliphatic carboxylic acids is 2. The number of pyridine rings is 2. The maximum Gasteiger partial charge on any atom is 1.00 e. The Morgan fingerprint density at radius 1 is 0.481 bits per heavy atom. The molecule has 11 aromatic rings. The van der Waals surface area contributed by atoms with E-state index in [2.05, 4.69) is 42.0 Å². The molecule has 7 aromatic carbocycles. The summed E-state index contributed by atoms with van der Waals surface area (Å²) in [5, 5.41) is 17.0. The molecular weight excluding hydrogens is 1840 g/mol. The van der Waals surface area contributed by atoms with Crippen LogP contribution in [0.15, 0.2) is 214 Å². The van der Waals surface area contributed by atoms with Crippen molar-refractivity contribution in [2.45, 2.75) is 83.1 Å². The first-order valence-corrected chi connectivity index (χ1v) is 39.8. The van der Waals surface area contributed by atoms with Gasteiger partial charge in [0, 0.05) is 128 Å². The summed E-state index contributed by atoms with van der Waals surface area (Å²) in [6.45, 7) is 7.03. The Bertz CT molecular complexity index is 5940. The molecule has 133 heavy (non-hydrogen) atoms. The topological polar surface area (TPSA) is 423 Å². The normalized spacial score (nSPS) is 13.1. The van der Waals surface area contributed by atoms with Crippen LogP contribution in [0.3, 0.4) is 0 Å². The Balaban J connectivity index is 0.000000301. The van der Waals surface area contributed by atoms with Gasteiger partial charge in [-0.05, 0) is 188 Å². The summed E-state index contributed by atoms with van der Waals surface area (Å²) in [5.41, 5.74) is 32.5. The van der Waals surface area contributed by atoms with Gasteiger partial charge in [0.25, 0.3) is 23.7 Å². The largest absolute Gasteiger partial charge is 1.00 e. The standard InChI is InChI=1S/C31H25F6N3O3.C21H18F5N3O2.C11H12FNO2.2C9H8FNO2.C6H5BrFN.C5H8O2.Li.H2O/c32-25-13-18(2-7-26(25)38)1-4-22(41)5-6-23-15-21-14-20(16-24(28(21)43-23)31(35,36)37)27-8-3-19(17-39-27)29(42)40-11-9-30(33,34)10-12-40;22-20(23)3-5-29(6-4-20)19(30)12-1-2-17(28-11-12)13-7-14-8-15(10-27)31-18(14)16(9-13)21(24,25)26;1-2-15-11(14)6-4-8-3-5-10(13)9(12)7-8;2*10-7-5-6(1-3-8(7)11)2-4-9(12)13;7-4-1-2-6(9)5(8)3-4;1-3-5(6)7-4-2;;/h1-4,7-8,13-17H,5-6,9-12,38H2;1-2,7-9,11H,3-6,10,27H2;3-7H,2,13H2,1H3;2*1-5H,11H2,(H,12,13);1-3H,9H2;3H,1,4H2,2H3;;1H2/q;;;;;;;+1;/p-1/b4-1+;;6-4+;2*4-2+;;;;. The minimum Gasteiger partial charge on any atom is -0.870 e. The molecule has 2 amide bonds. The number of aryl methyl sites for hydroxylation is 1. The minimum atomic E-state index is -4.76. The minimum absolute atomic E-state index is 0. The number of fused-ring (bicyclic) bond motifs is 2. The van der Waals surface area contributed by atoms with Gasteiger partial charge in [-0.2, -0.15) is 26.3 Å². The predicted molar refractivity (Wildman–Crippen MR) is 469 cm³/mol. The summed E-state index contributed by atoms with van der Waals surface area (Å²) < 4.78 is 221. The number of benzene rings is 7. The molecule has 700 valence electrons. The van der Waals surface area contributed by atoms with Crippen LogP contribution in [0.5, 0.6) is 0 Å². The number of halogens is 16. The number of nitrogen functional groups attached to an aromatic ring is 5. The Morgan fingerprint density at radius 2 is 0.820 bits per heavy atom. The van der Waals surface area contributed by atoms with Crippen molar-refractivity contribution in [2.24, 2.45) is 5.73 Å². The number of hydrogen-bond donors (Lipinski definition) is 8. The van der Waals surface area contributed by atoms with Crippen LogP contribution < -0.4 is 53.3 Å². The number of carboxylic acid groups (broad SMARTS) is 2. The number of alkyl halides is 10. The van der Waals surface area contributed by atoms with Gasteiger partial charge in [0.1, 0.15) is 51.8 Å². The van der Waals surface area contributed by atoms with Crippen molar-refractivity contribution in [3.05, 3.63) is 291 Å². The molecule has 15 N–H and O–H groups in total. The van der Waals surface area contributed by atoms with Gasteiger partial charge in [0.2, 0.25) is 0 Å². The number of allylic oxidation sites excluding steroid dienone is 1. The van der Waals surface area contributed by atoms with Gasteiger partial charge in [-0.3, -0.25) is 24.4 Å². The molecule has 0 bridgehead atoms. The number of esters is 2. The first-order chi connectivity index (χ1) is 61.7. The summed E-state index contributed by atoms with van der Waals surface area (Å²) in [5.74, 6) is -12.0. The monoisotopic (exact) mass is 1920 g/mol. The molecule has 0 spiro atoms. The molecule has 2 fully saturated rings. The summed E-state index contributed by atoms with van der Waals surface area (Å²) in [4.78, 5) is 89.7. The summed E-state index contributed by atoms with van der Waals surface area (Å²) >= 11 is 3.10. The van der Waals surface area contributed by atoms with E-state index in [1.54, 1.807) is 26.0 Å². The molecule has 0 radical (unpaired) electrons. The van der Waals surface area contributed by atoms with Crippen molar-refractivity contribution in [3.8, 4) is 22.5 Å². The molecule has 0 saturated carbocycles. The second-order valence-corrected chi connectivity index (χ2v) is 29.1. The van der Waals surface area contributed by atoms with E-state index in [0.717, 1.165) is 30.4 Å². The number of piperidine rings is 2. The molecule has 2 aliphatic rings. The number of rotatable bonds is 19.